The third-order valence-corrected chi connectivity index (χ3v) is 5.44. The maximum Gasteiger partial charge on any atom is 0.226 e. The van der Waals surface area contributed by atoms with Gasteiger partial charge < -0.3 is 20.9 Å². The van der Waals surface area contributed by atoms with Crippen molar-refractivity contribution >= 4 is 33.5 Å². The molecule has 0 bridgehead atoms. The molecule has 2 rings (SSSR count). The molecule has 1 amide bonds. The number of hydrogen-bond donors (Lipinski definition) is 3. The molecule has 0 spiro atoms. The predicted octanol–water partition coefficient (Wildman–Crippen LogP) is 3.12. The van der Waals surface area contributed by atoms with Gasteiger partial charge in [0.15, 0.2) is 5.96 Å². The van der Waals surface area contributed by atoms with Crippen LogP contribution in [-0.2, 0) is 4.79 Å². The van der Waals surface area contributed by atoms with Crippen LogP contribution in [0.5, 0.6) is 0 Å². The van der Waals surface area contributed by atoms with E-state index in [9.17, 15) is 4.79 Å². The summed E-state index contributed by atoms with van der Waals surface area (Å²) in [6.07, 6.45) is 2.61. The molecule has 150 valence electrons. The number of anilines is 1. The number of halogens is 1. The van der Waals surface area contributed by atoms with Crippen molar-refractivity contribution in [3.63, 3.8) is 0 Å². The van der Waals surface area contributed by atoms with Gasteiger partial charge in [-0.2, -0.15) is 0 Å². The van der Waals surface area contributed by atoms with E-state index in [1.165, 1.54) is 0 Å². The summed E-state index contributed by atoms with van der Waals surface area (Å²) in [6, 6.07) is 6.91. The normalized spacial score (nSPS) is 16.4. The fraction of sp³-hybridized carbons (Fsp3) is 0.600. The van der Waals surface area contributed by atoms with Crippen molar-refractivity contribution in [2.24, 2.45) is 4.99 Å². The van der Waals surface area contributed by atoms with Crippen LogP contribution < -0.4 is 16.0 Å². The van der Waals surface area contributed by atoms with Crippen molar-refractivity contribution in [2.75, 3.05) is 32.0 Å². The van der Waals surface area contributed by atoms with Gasteiger partial charge in [-0.3, -0.25) is 9.79 Å². The lowest BCUT2D eigenvalue weighted by Crippen LogP contribution is -2.50. The van der Waals surface area contributed by atoms with Crippen molar-refractivity contribution in [1.82, 2.24) is 15.5 Å². The lowest BCUT2D eigenvalue weighted by Gasteiger charge is -2.35. The summed E-state index contributed by atoms with van der Waals surface area (Å²) < 4.78 is 0.953. The zero-order chi connectivity index (χ0) is 19.8. The molecule has 27 heavy (non-hydrogen) atoms. The summed E-state index contributed by atoms with van der Waals surface area (Å²) in [7, 11) is 1.77. The molecule has 3 N–H and O–H groups in total. The van der Waals surface area contributed by atoms with Gasteiger partial charge in [-0.05, 0) is 51.3 Å². The molecule has 6 nitrogen and oxygen atoms in total. The zero-order valence-corrected chi connectivity index (χ0v) is 18.4. The molecule has 1 fully saturated rings. The van der Waals surface area contributed by atoms with Crippen molar-refractivity contribution in [2.45, 2.75) is 52.1 Å². The van der Waals surface area contributed by atoms with Crippen molar-refractivity contribution in [3.8, 4) is 0 Å². The molecule has 1 aromatic rings. The Hall–Kier alpha value is -1.60. The van der Waals surface area contributed by atoms with Crippen molar-refractivity contribution < 1.29 is 4.79 Å². The number of nitrogens with one attached hydrogen (secondary N) is 3. The number of benzene rings is 1. The lowest BCUT2D eigenvalue weighted by molar-refractivity contribution is -0.116. The minimum Gasteiger partial charge on any atom is -0.356 e. The minimum absolute atomic E-state index is 0.00982. The zero-order valence-electron chi connectivity index (χ0n) is 16.8. The fourth-order valence-corrected chi connectivity index (χ4v) is 3.55. The number of carbonyl (C=O) groups excluding carboxylic acids is 1. The molecule has 1 aliphatic rings. The Morgan fingerprint density at radius 2 is 2.04 bits per heavy atom. The third kappa shape index (κ3) is 7.14. The molecule has 7 heteroatoms. The average molecular weight is 438 g/mol. The van der Waals surface area contributed by atoms with Gasteiger partial charge in [-0.1, -0.05) is 22.0 Å². The molecule has 1 saturated heterocycles. The van der Waals surface area contributed by atoms with E-state index in [1.807, 2.05) is 25.1 Å². The van der Waals surface area contributed by atoms with E-state index in [0.717, 1.165) is 47.6 Å². The molecule has 1 aliphatic heterocycles. The van der Waals surface area contributed by atoms with Crippen molar-refractivity contribution in [3.05, 3.63) is 28.2 Å². The monoisotopic (exact) mass is 437 g/mol. The largest absolute Gasteiger partial charge is 0.356 e. The molecule has 0 aliphatic carbocycles. The van der Waals surface area contributed by atoms with Crippen molar-refractivity contribution in [1.29, 1.82) is 0 Å². The number of likely N-dealkylation sites (tertiary alicyclic amines) is 1. The minimum atomic E-state index is -0.00982. The second-order valence-corrected chi connectivity index (χ2v) is 8.22. The van der Waals surface area contributed by atoms with Gasteiger partial charge in [0.1, 0.15) is 0 Å². The van der Waals surface area contributed by atoms with E-state index in [-0.39, 0.29) is 5.91 Å². The molecule has 0 unspecified atom stereocenters. The summed E-state index contributed by atoms with van der Waals surface area (Å²) in [5, 5.41) is 9.69. The van der Waals surface area contributed by atoms with Crippen LogP contribution in [0.3, 0.4) is 0 Å². The van der Waals surface area contributed by atoms with Crippen LogP contribution in [0.2, 0.25) is 0 Å². The lowest BCUT2D eigenvalue weighted by atomic mass is 10.0. The van der Waals surface area contributed by atoms with E-state index in [0.29, 0.717) is 25.0 Å². The average Bonchev–Trinajstić information content (AvgIpc) is 2.64. The highest BCUT2D eigenvalue weighted by Gasteiger charge is 2.21. The van der Waals surface area contributed by atoms with Crippen LogP contribution in [0.25, 0.3) is 0 Å². The van der Waals surface area contributed by atoms with Crippen LogP contribution >= 0.6 is 15.9 Å². The molecule has 1 aromatic carbocycles. The molecule has 0 radical (unpaired) electrons. The first-order chi connectivity index (χ1) is 12.9. The smallest absolute Gasteiger partial charge is 0.226 e. The summed E-state index contributed by atoms with van der Waals surface area (Å²) >= 11 is 3.44. The van der Waals surface area contributed by atoms with E-state index >= 15 is 0 Å². The Labute approximate surface area is 171 Å². The number of hydrogen-bond acceptors (Lipinski definition) is 3. The molecular formula is C20H32BrN5O. The van der Waals surface area contributed by atoms with Crippen LogP contribution in [0.1, 0.15) is 38.7 Å². The second kappa shape index (κ2) is 10.7. The van der Waals surface area contributed by atoms with Gasteiger partial charge in [0.05, 0.1) is 0 Å². The summed E-state index contributed by atoms with van der Waals surface area (Å²) in [4.78, 5) is 19.0. The van der Waals surface area contributed by atoms with Gasteiger partial charge >= 0.3 is 0 Å². The van der Waals surface area contributed by atoms with Crippen LogP contribution in [-0.4, -0.2) is 55.5 Å². The Morgan fingerprint density at radius 3 is 2.67 bits per heavy atom. The Kier molecular flexibility index (Phi) is 8.57. The summed E-state index contributed by atoms with van der Waals surface area (Å²) in [6.45, 7) is 9.24. The van der Waals surface area contributed by atoms with Gasteiger partial charge in [0.2, 0.25) is 5.91 Å². The van der Waals surface area contributed by atoms with E-state index in [1.54, 1.807) is 7.05 Å². The maximum absolute atomic E-state index is 12.2. The number of nitrogens with zero attached hydrogens (tertiary/aromatic N) is 2. The first kappa shape index (κ1) is 21.7. The predicted molar refractivity (Wildman–Crippen MR) is 116 cm³/mol. The second-order valence-electron chi connectivity index (χ2n) is 7.30. The fourth-order valence-electron chi connectivity index (χ4n) is 3.18. The number of rotatable bonds is 6. The van der Waals surface area contributed by atoms with Gasteiger partial charge in [0.25, 0.3) is 0 Å². The molecule has 0 saturated carbocycles. The number of carbonyl (C=O) groups is 1. The Bertz CT molecular complexity index is 654. The first-order valence-corrected chi connectivity index (χ1v) is 10.5. The number of aryl methyl sites for hydroxylation is 1. The molecule has 0 atom stereocenters. The quantitative estimate of drug-likeness (QED) is 0.472. The van der Waals surface area contributed by atoms with Gasteiger partial charge in [0, 0.05) is 55.3 Å². The van der Waals surface area contributed by atoms with Gasteiger partial charge in [-0.25, -0.2) is 0 Å². The SMILES string of the molecule is CN=C(NCCC(=O)Nc1cc(Br)ccc1C)NC1CCN(C(C)C)CC1. The topological polar surface area (TPSA) is 68.8 Å². The van der Waals surface area contributed by atoms with Crippen LogP contribution in [0.15, 0.2) is 27.7 Å². The number of guanidine groups is 1. The number of piperidine rings is 1. The first-order valence-electron chi connectivity index (χ1n) is 9.66. The molecule has 0 aromatic heterocycles. The van der Waals surface area contributed by atoms with E-state index < -0.39 is 0 Å². The number of amides is 1. The summed E-state index contributed by atoms with van der Waals surface area (Å²) in [5.41, 5.74) is 1.89. The Morgan fingerprint density at radius 1 is 1.33 bits per heavy atom. The Balaban J connectivity index is 1.71. The van der Waals surface area contributed by atoms with Crippen LogP contribution in [0.4, 0.5) is 5.69 Å². The van der Waals surface area contributed by atoms with Gasteiger partial charge in [-0.15, -0.1) is 0 Å². The molecule has 1 heterocycles. The highest BCUT2D eigenvalue weighted by molar-refractivity contribution is 9.10. The third-order valence-electron chi connectivity index (χ3n) is 4.94. The maximum atomic E-state index is 12.2. The molecular weight excluding hydrogens is 406 g/mol. The number of aliphatic imine (C=N–C) groups is 1. The summed E-state index contributed by atoms with van der Waals surface area (Å²) in [5.74, 6) is 0.758. The van der Waals surface area contributed by atoms with E-state index in [4.69, 9.17) is 0 Å². The highest BCUT2D eigenvalue weighted by atomic mass is 79.9. The standard InChI is InChI=1S/C20H32BrN5O/c1-14(2)26-11-8-17(9-12-26)24-20(22-4)23-10-7-19(27)25-18-13-16(21)6-5-15(18)3/h5-6,13-14,17H,7-12H2,1-4H3,(H,25,27)(H2,22,23,24). The van der Waals surface area contributed by atoms with E-state index in [2.05, 4.69) is 55.6 Å². The van der Waals surface area contributed by atoms with Crippen LogP contribution in [0, 0.1) is 6.92 Å². The highest BCUT2D eigenvalue weighted by Crippen LogP contribution is 2.20.